The fraction of sp³-hybridized carbons (Fsp3) is 0.250. The van der Waals surface area contributed by atoms with Crippen molar-refractivity contribution in [3.63, 3.8) is 0 Å². The summed E-state index contributed by atoms with van der Waals surface area (Å²) in [5.74, 6) is 3.12. The highest BCUT2D eigenvalue weighted by atomic mass is 35.5. The number of halogens is 1. The zero-order valence-electron chi connectivity index (χ0n) is 14.0. The number of rotatable bonds is 5. The molecule has 0 amide bonds. The fourth-order valence-corrected chi connectivity index (χ4v) is 2.68. The van der Waals surface area contributed by atoms with Crippen molar-refractivity contribution in [1.82, 2.24) is 24.7 Å². The number of hydrogen-bond donors (Lipinski definition) is 1. The summed E-state index contributed by atoms with van der Waals surface area (Å²) in [6.45, 7) is 1.75. The first-order valence-corrected chi connectivity index (χ1v) is 7.82. The minimum Gasteiger partial charge on any atom is -0.493 e. The highest BCUT2D eigenvalue weighted by molar-refractivity contribution is 6.29. The minimum atomic E-state index is 0.155. The van der Waals surface area contributed by atoms with Gasteiger partial charge in [0.1, 0.15) is 16.8 Å². The molecule has 0 aliphatic heterocycles. The molecule has 3 aromatic rings. The lowest BCUT2D eigenvalue weighted by atomic mass is 10.1. The third kappa shape index (κ3) is 3.63. The van der Waals surface area contributed by atoms with Gasteiger partial charge in [0.2, 0.25) is 5.95 Å². The Kier molecular flexibility index (Phi) is 4.71. The van der Waals surface area contributed by atoms with Gasteiger partial charge >= 0.3 is 0 Å². The van der Waals surface area contributed by atoms with Gasteiger partial charge in [-0.05, 0) is 24.6 Å². The SMILES string of the molecule is COc1ccc(Cc2nc(N)nn2-c2cc(Cl)nc(C)n2)cc1OC. The first kappa shape index (κ1) is 17.0. The van der Waals surface area contributed by atoms with Crippen LogP contribution in [-0.2, 0) is 6.42 Å². The normalized spacial score (nSPS) is 10.7. The van der Waals surface area contributed by atoms with E-state index in [0.717, 1.165) is 5.56 Å². The maximum atomic E-state index is 6.02. The number of aromatic nitrogens is 5. The van der Waals surface area contributed by atoms with Crippen LogP contribution in [0, 0.1) is 6.92 Å². The summed E-state index contributed by atoms with van der Waals surface area (Å²) in [6.07, 6.45) is 0.477. The summed E-state index contributed by atoms with van der Waals surface area (Å²) in [5, 5.41) is 4.54. The Balaban J connectivity index is 1.99. The van der Waals surface area contributed by atoms with Crippen LogP contribution in [-0.4, -0.2) is 39.0 Å². The van der Waals surface area contributed by atoms with Crippen LogP contribution in [0.1, 0.15) is 17.2 Å². The van der Waals surface area contributed by atoms with Crippen molar-refractivity contribution in [1.29, 1.82) is 0 Å². The first-order valence-electron chi connectivity index (χ1n) is 7.44. The number of ether oxygens (including phenoxy) is 2. The Labute approximate surface area is 149 Å². The van der Waals surface area contributed by atoms with E-state index in [1.807, 2.05) is 18.2 Å². The average molecular weight is 361 g/mol. The molecule has 0 bridgehead atoms. The molecule has 0 radical (unpaired) electrons. The van der Waals surface area contributed by atoms with Crippen LogP contribution in [0.2, 0.25) is 5.15 Å². The van der Waals surface area contributed by atoms with Crippen molar-refractivity contribution < 1.29 is 9.47 Å². The lowest BCUT2D eigenvalue weighted by Crippen LogP contribution is -2.08. The maximum Gasteiger partial charge on any atom is 0.240 e. The molecule has 0 saturated carbocycles. The Morgan fingerprint density at radius 3 is 2.52 bits per heavy atom. The second kappa shape index (κ2) is 6.94. The van der Waals surface area contributed by atoms with Gasteiger partial charge in [-0.2, -0.15) is 9.67 Å². The summed E-state index contributed by atoms with van der Waals surface area (Å²) in [7, 11) is 3.18. The van der Waals surface area contributed by atoms with Gasteiger partial charge in [0.05, 0.1) is 14.2 Å². The van der Waals surface area contributed by atoms with E-state index in [1.165, 1.54) is 0 Å². The summed E-state index contributed by atoms with van der Waals surface area (Å²) in [6, 6.07) is 7.26. The number of nitrogens with zero attached hydrogens (tertiary/aromatic N) is 5. The van der Waals surface area contributed by atoms with Crippen LogP contribution < -0.4 is 15.2 Å². The van der Waals surface area contributed by atoms with Gasteiger partial charge in [0.25, 0.3) is 0 Å². The molecule has 8 nitrogen and oxygen atoms in total. The number of nitrogens with two attached hydrogens (primary N) is 1. The molecule has 9 heteroatoms. The molecule has 0 saturated heterocycles. The Bertz CT molecular complexity index is 891. The Morgan fingerprint density at radius 1 is 1.08 bits per heavy atom. The molecule has 2 N–H and O–H groups in total. The molecule has 2 heterocycles. The molecule has 0 fully saturated rings. The summed E-state index contributed by atoms with van der Waals surface area (Å²) < 4.78 is 12.2. The van der Waals surface area contributed by atoms with Crippen LogP contribution in [0.3, 0.4) is 0 Å². The molecule has 0 atom stereocenters. The monoisotopic (exact) mass is 360 g/mol. The molecule has 130 valence electrons. The molecule has 3 rings (SSSR count). The van der Waals surface area contributed by atoms with Crippen LogP contribution in [0.25, 0.3) is 5.82 Å². The van der Waals surface area contributed by atoms with E-state index in [0.29, 0.717) is 40.5 Å². The van der Waals surface area contributed by atoms with Gasteiger partial charge in [0, 0.05) is 12.5 Å². The number of aryl methyl sites for hydroxylation is 1. The van der Waals surface area contributed by atoms with Crippen molar-refractivity contribution in [3.05, 3.63) is 46.6 Å². The van der Waals surface area contributed by atoms with Crippen LogP contribution in [0.15, 0.2) is 24.3 Å². The first-order chi connectivity index (χ1) is 12.0. The van der Waals surface area contributed by atoms with E-state index >= 15 is 0 Å². The van der Waals surface area contributed by atoms with Crippen LogP contribution in [0.4, 0.5) is 5.95 Å². The van der Waals surface area contributed by atoms with Crippen molar-refractivity contribution >= 4 is 17.5 Å². The van der Waals surface area contributed by atoms with E-state index in [1.54, 1.807) is 31.9 Å². The second-order valence-corrected chi connectivity index (χ2v) is 5.65. The predicted molar refractivity (Wildman–Crippen MR) is 93.5 cm³/mol. The van der Waals surface area contributed by atoms with E-state index in [4.69, 9.17) is 26.8 Å². The minimum absolute atomic E-state index is 0.155. The highest BCUT2D eigenvalue weighted by Crippen LogP contribution is 2.28. The van der Waals surface area contributed by atoms with Crippen molar-refractivity contribution in [2.75, 3.05) is 20.0 Å². The maximum absolute atomic E-state index is 6.02. The van der Waals surface area contributed by atoms with E-state index in [9.17, 15) is 0 Å². The Hall–Kier alpha value is -2.87. The quantitative estimate of drug-likeness (QED) is 0.696. The lowest BCUT2D eigenvalue weighted by molar-refractivity contribution is 0.354. The largest absolute Gasteiger partial charge is 0.493 e. The molecular formula is C16H17ClN6O2. The van der Waals surface area contributed by atoms with Crippen LogP contribution >= 0.6 is 11.6 Å². The molecule has 0 aliphatic rings. The topological polar surface area (TPSA) is 101 Å². The van der Waals surface area contributed by atoms with Crippen LogP contribution in [0.5, 0.6) is 11.5 Å². The molecule has 0 aliphatic carbocycles. The predicted octanol–water partition coefficient (Wildman–Crippen LogP) is 2.21. The molecule has 25 heavy (non-hydrogen) atoms. The van der Waals surface area contributed by atoms with Gasteiger partial charge in [-0.25, -0.2) is 9.97 Å². The summed E-state index contributed by atoms with van der Waals surface area (Å²) in [5.41, 5.74) is 6.75. The van der Waals surface area contributed by atoms with E-state index in [2.05, 4.69) is 20.1 Å². The van der Waals surface area contributed by atoms with Gasteiger partial charge in [-0.15, -0.1) is 5.10 Å². The zero-order valence-corrected chi connectivity index (χ0v) is 14.8. The van der Waals surface area contributed by atoms with Gasteiger partial charge in [-0.3, -0.25) is 0 Å². The zero-order chi connectivity index (χ0) is 18.0. The summed E-state index contributed by atoms with van der Waals surface area (Å²) >= 11 is 6.02. The van der Waals surface area contributed by atoms with Crippen molar-refractivity contribution in [2.24, 2.45) is 0 Å². The third-order valence-electron chi connectivity index (χ3n) is 3.51. The third-order valence-corrected chi connectivity index (χ3v) is 3.70. The molecular weight excluding hydrogens is 344 g/mol. The molecule has 0 unspecified atom stereocenters. The van der Waals surface area contributed by atoms with E-state index in [-0.39, 0.29) is 5.95 Å². The summed E-state index contributed by atoms with van der Waals surface area (Å²) in [4.78, 5) is 12.7. The number of anilines is 1. The fourth-order valence-electron chi connectivity index (χ4n) is 2.46. The Morgan fingerprint density at radius 2 is 1.84 bits per heavy atom. The number of nitrogen functional groups attached to an aromatic ring is 1. The number of benzene rings is 1. The van der Waals surface area contributed by atoms with Crippen molar-refractivity contribution in [3.8, 4) is 17.3 Å². The molecule has 0 spiro atoms. The second-order valence-electron chi connectivity index (χ2n) is 5.26. The number of methoxy groups -OCH3 is 2. The van der Waals surface area contributed by atoms with Crippen molar-refractivity contribution in [2.45, 2.75) is 13.3 Å². The number of hydrogen-bond acceptors (Lipinski definition) is 7. The molecule has 2 aromatic heterocycles. The molecule has 1 aromatic carbocycles. The standard InChI is InChI=1S/C16H17ClN6O2/c1-9-19-13(17)8-15(20-9)23-14(21-16(18)22-23)7-10-4-5-11(24-2)12(6-10)25-3/h4-6,8H,7H2,1-3H3,(H2,18,22). The van der Waals surface area contributed by atoms with Gasteiger partial charge in [0.15, 0.2) is 17.3 Å². The lowest BCUT2D eigenvalue weighted by Gasteiger charge is -2.10. The van der Waals surface area contributed by atoms with E-state index < -0.39 is 0 Å². The highest BCUT2D eigenvalue weighted by Gasteiger charge is 2.14. The average Bonchev–Trinajstić information content (AvgIpc) is 2.94. The van der Waals surface area contributed by atoms with Gasteiger partial charge in [-0.1, -0.05) is 17.7 Å². The smallest absolute Gasteiger partial charge is 0.240 e. The van der Waals surface area contributed by atoms with Gasteiger partial charge < -0.3 is 15.2 Å².